The zero-order valence-electron chi connectivity index (χ0n) is 19.8. The van der Waals surface area contributed by atoms with Gasteiger partial charge in [-0.05, 0) is 0 Å². The predicted octanol–water partition coefficient (Wildman–Crippen LogP) is 8.56. The van der Waals surface area contributed by atoms with E-state index in [9.17, 15) is 0 Å². The minimum absolute atomic E-state index is 0. The summed E-state index contributed by atoms with van der Waals surface area (Å²) in [5.41, 5.74) is 0. The van der Waals surface area contributed by atoms with Crippen molar-refractivity contribution < 1.29 is 16.8 Å². The van der Waals surface area contributed by atoms with Gasteiger partial charge in [0.15, 0.2) is 0 Å². The third-order valence-corrected chi connectivity index (χ3v) is 3.60. The first-order valence-corrected chi connectivity index (χ1v) is 11.1. The number of hydrogen-bond acceptors (Lipinski definition) is 0. The molecule has 35 heavy (non-hydrogen) atoms. The van der Waals surface area contributed by atoms with Crippen LogP contribution >= 0.6 is 0 Å². The van der Waals surface area contributed by atoms with E-state index < -0.39 is 0 Å². The van der Waals surface area contributed by atoms with E-state index in [0.29, 0.717) is 0 Å². The summed E-state index contributed by atoms with van der Waals surface area (Å²) in [6.45, 7) is 0. The summed E-state index contributed by atoms with van der Waals surface area (Å²) in [5, 5.41) is 0. The van der Waals surface area contributed by atoms with Gasteiger partial charge in [-0.1, -0.05) is 0 Å². The summed E-state index contributed by atoms with van der Waals surface area (Å²) >= 11 is 0. The summed E-state index contributed by atoms with van der Waals surface area (Å²) < 4.78 is 0. The van der Waals surface area contributed by atoms with Gasteiger partial charge in [-0.2, -0.15) is 158 Å². The zero-order chi connectivity index (χ0) is 24.0. The van der Waals surface area contributed by atoms with Crippen LogP contribution in [-0.4, -0.2) is 0 Å². The van der Waals surface area contributed by atoms with E-state index in [1.807, 2.05) is 146 Å². The Kier molecular flexibility index (Phi) is 25.4. The Morgan fingerprint density at radius 1 is 0.343 bits per heavy atom. The molecule has 0 aromatic heterocycles. The molecule has 4 aromatic carbocycles. The molecule has 0 bridgehead atoms. The van der Waals surface area contributed by atoms with E-state index in [2.05, 4.69) is 48.6 Å². The Bertz CT molecular complexity index is 699. The van der Waals surface area contributed by atoms with Crippen molar-refractivity contribution in [1.29, 1.82) is 0 Å². The SMILES string of the molecule is [C-]1=CC=CC1.[C-]1=CC=CC1.[Co].[c-]1ccccc1.[c-]1ccccc1.[c-]1ccccc1.[c-]1ccccc1. The van der Waals surface area contributed by atoms with Crippen molar-refractivity contribution >= 4 is 0 Å². The van der Waals surface area contributed by atoms with Crippen LogP contribution in [0.2, 0.25) is 0 Å². The van der Waals surface area contributed by atoms with E-state index in [-0.39, 0.29) is 16.8 Å². The third-order valence-electron chi connectivity index (χ3n) is 3.60. The van der Waals surface area contributed by atoms with Crippen LogP contribution < -0.4 is 0 Å². The van der Waals surface area contributed by atoms with Crippen molar-refractivity contribution in [2.75, 3.05) is 0 Å². The maximum atomic E-state index is 2.99. The van der Waals surface area contributed by atoms with Crippen molar-refractivity contribution in [3.05, 3.63) is 194 Å². The van der Waals surface area contributed by atoms with Gasteiger partial charge in [-0.25, -0.2) is 24.3 Å². The van der Waals surface area contributed by atoms with Gasteiger partial charge in [0.1, 0.15) is 0 Å². The Balaban J connectivity index is 0.000000395. The van der Waals surface area contributed by atoms with Crippen LogP contribution in [0.4, 0.5) is 0 Å². The van der Waals surface area contributed by atoms with Gasteiger partial charge < -0.3 is 0 Å². The molecule has 2 aliphatic carbocycles. The summed E-state index contributed by atoms with van der Waals surface area (Å²) in [5.74, 6) is 0. The average Bonchev–Trinajstić information content (AvgIpc) is 3.74. The Labute approximate surface area is 223 Å². The monoisotopic (exact) mass is 497 g/mol. The van der Waals surface area contributed by atoms with Gasteiger partial charge in [0.05, 0.1) is 0 Å². The third kappa shape index (κ3) is 26.5. The van der Waals surface area contributed by atoms with Gasteiger partial charge in [-0.15, -0.1) is 12.8 Å². The second-order valence-electron chi connectivity index (χ2n) is 6.32. The maximum absolute atomic E-state index is 2.99. The molecule has 0 N–H and O–H groups in total. The normalized spacial score (nSPS) is 10.5. The van der Waals surface area contributed by atoms with Crippen LogP contribution in [0, 0.1) is 36.4 Å². The number of hydrogen-bond donors (Lipinski definition) is 0. The van der Waals surface area contributed by atoms with Gasteiger partial charge in [0.2, 0.25) is 0 Å². The second kappa shape index (κ2) is 28.4. The van der Waals surface area contributed by atoms with Gasteiger partial charge >= 0.3 is 0 Å². The largest absolute Gasteiger partial charge is 0.273 e. The Morgan fingerprint density at radius 2 is 0.600 bits per heavy atom. The quantitative estimate of drug-likeness (QED) is 0.214. The molecule has 0 saturated carbocycles. The Morgan fingerprint density at radius 3 is 0.657 bits per heavy atom. The molecule has 4 aromatic rings. The molecule has 0 aliphatic heterocycles. The second-order valence-corrected chi connectivity index (χ2v) is 6.32. The van der Waals surface area contributed by atoms with E-state index in [1.54, 1.807) is 0 Å². The first kappa shape index (κ1) is 31.3. The van der Waals surface area contributed by atoms with E-state index >= 15 is 0 Å². The molecule has 1 radical (unpaired) electrons. The van der Waals surface area contributed by atoms with Crippen LogP contribution in [0.1, 0.15) is 12.8 Å². The van der Waals surface area contributed by atoms with Gasteiger partial charge in [0.25, 0.3) is 0 Å². The minimum Gasteiger partial charge on any atom is -0.273 e. The molecule has 6 rings (SSSR count). The summed E-state index contributed by atoms with van der Waals surface area (Å²) in [4.78, 5) is 0. The van der Waals surface area contributed by atoms with Crippen LogP contribution in [-0.2, 0) is 16.8 Å². The van der Waals surface area contributed by atoms with Crippen molar-refractivity contribution in [1.82, 2.24) is 0 Å². The molecular weight excluding hydrogens is 467 g/mol. The molecule has 2 aliphatic rings. The van der Waals surface area contributed by atoms with Crippen LogP contribution in [0.25, 0.3) is 0 Å². The fraction of sp³-hybridized carbons (Fsp3) is 0.0588. The van der Waals surface area contributed by atoms with Crippen LogP contribution in [0.15, 0.2) is 158 Å². The molecule has 0 heterocycles. The molecule has 0 nitrogen and oxygen atoms in total. The molecular formula is C34H30Co-6. The molecule has 1 heteroatoms. The predicted molar refractivity (Wildman–Crippen MR) is 144 cm³/mol. The average molecular weight is 498 g/mol. The smallest absolute Gasteiger partial charge is 0 e. The fourth-order valence-electron chi connectivity index (χ4n) is 2.05. The topological polar surface area (TPSA) is 0 Å². The molecule has 0 fully saturated rings. The molecule has 0 atom stereocenters. The summed E-state index contributed by atoms with van der Waals surface area (Å²) in [6, 6.07) is 50.0. The van der Waals surface area contributed by atoms with Crippen molar-refractivity contribution in [2.24, 2.45) is 0 Å². The van der Waals surface area contributed by atoms with Gasteiger partial charge in [0, 0.05) is 16.8 Å². The number of rotatable bonds is 0. The van der Waals surface area contributed by atoms with Crippen molar-refractivity contribution in [3.63, 3.8) is 0 Å². The first-order valence-electron chi connectivity index (χ1n) is 11.1. The molecule has 0 saturated heterocycles. The van der Waals surface area contributed by atoms with Gasteiger partial charge in [-0.3, -0.25) is 12.2 Å². The van der Waals surface area contributed by atoms with Crippen LogP contribution in [0.3, 0.4) is 0 Å². The standard InChI is InChI=1S/4C6H5.2C5H5.Co/c4*1-2-4-6-5-3-1;2*1-2-4-5-3-1;/h4*1-5H;2*1-3H,4H2;/q6*-1;. The molecule has 0 spiro atoms. The first-order chi connectivity index (χ1) is 17.0. The molecule has 0 amide bonds. The van der Waals surface area contributed by atoms with Crippen molar-refractivity contribution in [2.45, 2.75) is 12.8 Å². The Hall–Kier alpha value is -3.65. The number of benzene rings is 4. The van der Waals surface area contributed by atoms with Crippen LogP contribution in [0.5, 0.6) is 0 Å². The van der Waals surface area contributed by atoms with Crippen molar-refractivity contribution in [3.8, 4) is 0 Å². The molecule has 0 unspecified atom stereocenters. The summed E-state index contributed by atoms with van der Waals surface area (Å²) in [6.07, 6.45) is 20.0. The minimum atomic E-state index is 0. The number of allylic oxidation sites excluding steroid dienone is 8. The summed E-state index contributed by atoms with van der Waals surface area (Å²) in [7, 11) is 0. The zero-order valence-corrected chi connectivity index (χ0v) is 20.8. The van der Waals surface area contributed by atoms with E-state index in [1.165, 1.54) is 0 Å². The maximum Gasteiger partial charge on any atom is 0 e. The fourth-order valence-corrected chi connectivity index (χ4v) is 2.05. The molecule has 181 valence electrons. The van der Waals surface area contributed by atoms with E-state index in [0.717, 1.165) is 12.8 Å². The van der Waals surface area contributed by atoms with E-state index in [4.69, 9.17) is 0 Å².